The van der Waals surface area contributed by atoms with Crippen LogP contribution < -0.4 is 5.32 Å². The second-order valence-electron chi connectivity index (χ2n) is 11.5. The van der Waals surface area contributed by atoms with E-state index in [1.54, 1.807) is 25.3 Å². The average Bonchev–Trinajstić information content (AvgIpc) is 3.01. The molecule has 1 aliphatic rings. The van der Waals surface area contributed by atoms with Crippen molar-refractivity contribution in [2.75, 3.05) is 12.4 Å². The Morgan fingerprint density at radius 1 is 1.09 bits per heavy atom. The van der Waals surface area contributed by atoms with Crippen LogP contribution in [0.3, 0.4) is 0 Å². The van der Waals surface area contributed by atoms with Crippen molar-refractivity contribution < 1.29 is 17.9 Å². The van der Waals surface area contributed by atoms with Crippen LogP contribution in [0.5, 0.6) is 0 Å². The van der Waals surface area contributed by atoms with E-state index < -0.39 is 12.6 Å². The van der Waals surface area contributed by atoms with Gasteiger partial charge in [0.25, 0.3) is 0 Å². The molecule has 3 nitrogen and oxygen atoms in total. The van der Waals surface area contributed by atoms with E-state index in [4.69, 9.17) is 16.3 Å². The van der Waals surface area contributed by atoms with Gasteiger partial charge in [-0.25, -0.2) is 0 Å². The number of halogens is 4. The molecule has 3 rings (SSSR count). The number of hydrogen-bond acceptors (Lipinski definition) is 3. The maximum atomic E-state index is 13.2. The van der Waals surface area contributed by atoms with Crippen molar-refractivity contribution in [3.63, 3.8) is 0 Å². The maximum Gasteiger partial charge on any atom is 0.389 e. The van der Waals surface area contributed by atoms with Crippen molar-refractivity contribution in [3.8, 4) is 0 Å². The summed E-state index contributed by atoms with van der Waals surface area (Å²) in [6, 6.07) is 12.7. The molecule has 2 aromatic rings. The molecule has 0 radical (unpaired) electrons. The summed E-state index contributed by atoms with van der Waals surface area (Å²) in [5.41, 5.74) is 6.43. The van der Waals surface area contributed by atoms with Gasteiger partial charge in [0.1, 0.15) is 5.76 Å². The van der Waals surface area contributed by atoms with Gasteiger partial charge in [-0.05, 0) is 96.3 Å². The fourth-order valence-corrected chi connectivity index (χ4v) is 5.77. The van der Waals surface area contributed by atoms with Crippen molar-refractivity contribution in [2.24, 2.45) is 5.92 Å². The summed E-state index contributed by atoms with van der Waals surface area (Å²) in [5.74, 6) is 0.843. The van der Waals surface area contributed by atoms with Gasteiger partial charge in [-0.1, -0.05) is 76.6 Å². The van der Waals surface area contributed by atoms with Crippen molar-refractivity contribution >= 4 is 28.6 Å². The largest absolute Gasteiger partial charge is 0.497 e. The number of anilines is 1. The quantitative estimate of drug-likeness (QED) is 0.106. The molecule has 1 N–H and O–H groups in total. The first-order valence-corrected chi connectivity index (χ1v) is 16.0. The minimum Gasteiger partial charge on any atom is -0.497 e. The predicted octanol–water partition coefficient (Wildman–Crippen LogP) is 11.7. The molecule has 0 fully saturated rings. The smallest absolute Gasteiger partial charge is 0.389 e. The highest BCUT2D eigenvalue weighted by molar-refractivity contribution is 6.30. The third kappa shape index (κ3) is 10.2. The Hall–Kier alpha value is -3.64. The molecule has 0 aromatic heterocycles. The second kappa shape index (κ2) is 16.6. The van der Waals surface area contributed by atoms with Gasteiger partial charge in [0, 0.05) is 40.3 Å². The third-order valence-electron chi connectivity index (χ3n) is 8.24. The van der Waals surface area contributed by atoms with Gasteiger partial charge in [0.15, 0.2) is 0 Å². The van der Waals surface area contributed by atoms with Crippen LogP contribution in [0, 0.1) is 5.92 Å². The number of methoxy groups -OCH3 is 1. The molecular formula is C38H46ClF3N2O. The number of unbranched alkanes of at least 4 members (excludes halogenated alkanes) is 2. The number of aryl methyl sites for hydroxylation is 1. The summed E-state index contributed by atoms with van der Waals surface area (Å²) < 4.78 is 44.8. The monoisotopic (exact) mass is 638 g/mol. The van der Waals surface area contributed by atoms with E-state index in [1.165, 1.54) is 0 Å². The molecule has 242 valence electrons. The third-order valence-corrected chi connectivity index (χ3v) is 8.47. The summed E-state index contributed by atoms with van der Waals surface area (Å²) in [4.78, 5) is 2.13. The standard InChI is InChI=1S/C38H46ClF3N2O/c1-8-11-12-13-29(9-2)23-37(27(5)43-34-18-15-31(16-19-34)28(6)45-7)44-25-30(10-3)35(22-26(44)4)36-24-33(39)17-14-32(36)20-21-38(40,41)42/h9,14-19,22,24-25,29,37,43H,2,4-6,8,10-13,20-21,23H2,1,3,7H3. The van der Waals surface area contributed by atoms with Gasteiger partial charge in [-0.2, -0.15) is 13.2 Å². The van der Waals surface area contributed by atoms with Crippen molar-refractivity contribution in [3.05, 3.63) is 126 Å². The minimum atomic E-state index is -4.25. The molecular weight excluding hydrogens is 593 g/mol. The van der Waals surface area contributed by atoms with Crippen LogP contribution in [-0.2, 0) is 11.2 Å². The van der Waals surface area contributed by atoms with E-state index >= 15 is 0 Å². The highest BCUT2D eigenvalue weighted by Crippen LogP contribution is 2.39. The van der Waals surface area contributed by atoms with E-state index in [0.29, 0.717) is 28.3 Å². The number of benzene rings is 2. The van der Waals surface area contributed by atoms with Gasteiger partial charge in [0.05, 0.1) is 13.2 Å². The van der Waals surface area contributed by atoms with E-state index in [2.05, 4.69) is 49.7 Å². The van der Waals surface area contributed by atoms with Crippen molar-refractivity contribution in [1.82, 2.24) is 4.90 Å². The fourth-order valence-electron chi connectivity index (χ4n) is 5.60. The first-order chi connectivity index (χ1) is 21.4. The van der Waals surface area contributed by atoms with E-state index in [9.17, 15) is 13.2 Å². The lowest BCUT2D eigenvalue weighted by molar-refractivity contribution is -0.134. The molecule has 0 spiro atoms. The molecule has 7 heteroatoms. The Morgan fingerprint density at radius 3 is 2.40 bits per heavy atom. The predicted molar refractivity (Wildman–Crippen MR) is 185 cm³/mol. The summed E-state index contributed by atoms with van der Waals surface area (Å²) in [6.07, 6.45) is 6.65. The summed E-state index contributed by atoms with van der Waals surface area (Å²) in [5, 5.41) is 3.98. The zero-order valence-corrected chi connectivity index (χ0v) is 27.5. The summed E-state index contributed by atoms with van der Waals surface area (Å²) >= 11 is 6.37. The van der Waals surface area contributed by atoms with Crippen LogP contribution >= 0.6 is 11.6 Å². The molecule has 1 aliphatic heterocycles. The van der Waals surface area contributed by atoms with Gasteiger partial charge in [-0.15, -0.1) is 6.58 Å². The van der Waals surface area contributed by atoms with Crippen LogP contribution in [-0.4, -0.2) is 24.2 Å². The molecule has 0 aliphatic carbocycles. The van der Waals surface area contributed by atoms with Gasteiger partial charge < -0.3 is 15.0 Å². The van der Waals surface area contributed by atoms with Crippen molar-refractivity contribution in [2.45, 2.75) is 77.4 Å². The van der Waals surface area contributed by atoms with Gasteiger partial charge in [0.2, 0.25) is 0 Å². The molecule has 0 bridgehead atoms. The minimum absolute atomic E-state index is 0.126. The highest BCUT2D eigenvalue weighted by Gasteiger charge is 2.30. The molecule has 2 unspecified atom stereocenters. The Balaban J connectivity index is 1.98. The molecule has 1 heterocycles. The number of nitrogens with zero attached hydrogens (tertiary/aromatic N) is 1. The van der Waals surface area contributed by atoms with Crippen LogP contribution in [0.4, 0.5) is 18.9 Å². The Bertz CT molecular complexity index is 1420. The number of nitrogens with one attached hydrogen (secondary N) is 1. The number of rotatable bonds is 17. The van der Waals surface area contributed by atoms with E-state index in [0.717, 1.165) is 65.9 Å². The first-order valence-electron chi connectivity index (χ1n) is 15.6. The fraction of sp³-hybridized carbons (Fsp3) is 0.368. The normalized spacial score (nSPS) is 14.7. The Labute approximate surface area is 272 Å². The van der Waals surface area contributed by atoms with E-state index in [1.807, 2.05) is 43.3 Å². The lowest BCUT2D eigenvalue weighted by Crippen LogP contribution is -2.36. The zero-order valence-electron chi connectivity index (χ0n) is 26.8. The van der Waals surface area contributed by atoms with Crippen molar-refractivity contribution in [1.29, 1.82) is 0 Å². The van der Waals surface area contributed by atoms with E-state index in [-0.39, 0.29) is 18.4 Å². The number of hydrogen-bond donors (Lipinski definition) is 1. The number of alkyl halides is 3. The summed E-state index contributed by atoms with van der Waals surface area (Å²) in [7, 11) is 1.59. The lowest BCUT2D eigenvalue weighted by Gasteiger charge is -2.38. The molecule has 45 heavy (non-hydrogen) atoms. The molecule has 0 saturated heterocycles. The SMILES string of the molecule is C=CC(CCCCC)CC(C(=C)Nc1ccc(C(=C)OC)cc1)N1C=C(CC)C(c2cc(Cl)ccc2CCC(F)(F)F)=CC1=C. The highest BCUT2D eigenvalue weighted by atomic mass is 35.5. The first kappa shape index (κ1) is 35.8. The Kier molecular flexibility index (Phi) is 13.2. The molecule has 2 aromatic carbocycles. The molecule has 2 atom stereocenters. The van der Waals surface area contributed by atoms with Gasteiger partial charge >= 0.3 is 6.18 Å². The van der Waals surface area contributed by atoms with Crippen LogP contribution in [0.15, 0.2) is 104 Å². The maximum absolute atomic E-state index is 13.2. The summed E-state index contributed by atoms with van der Waals surface area (Å²) in [6.45, 7) is 21.2. The number of ether oxygens (including phenoxy) is 1. The van der Waals surface area contributed by atoms with Crippen LogP contribution in [0.25, 0.3) is 11.3 Å². The average molecular weight is 639 g/mol. The topological polar surface area (TPSA) is 24.5 Å². The zero-order chi connectivity index (χ0) is 33.1. The Morgan fingerprint density at radius 2 is 1.80 bits per heavy atom. The number of allylic oxidation sites excluding steroid dienone is 4. The van der Waals surface area contributed by atoms with Gasteiger partial charge in [-0.3, -0.25) is 0 Å². The molecule has 0 saturated carbocycles. The lowest BCUT2D eigenvalue weighted by atomic mass is 9.87. The molecule has 0 amide bonds. The second-order valence-corrected chi connectivity index (χ2v) is 11.9. The van der Waals surface area contributed by atoms with Crippen LogP contribution in [0.1, 0.15) is 75.5 Å². The van der Waals surface area contributed by atoms with Crippen LogP contribution in [0.2, 0.25) is 5.02 Å².